The lowest BCUT2D eigenvalue weighted by atomic mass is 9.93. The van der Waals surface area contributed by atoms with Gasteiger partial charge in [-0.05, 0) is 17.5 Å². The van der Waals surface area contributed by atoms with Gasteiger partial charge in [0.1, 0.15) is 17.4 Å². The Morgan fingerprint density at radius 1 is 1.22 bits per heavy atom. The van der Waals surface area contributed by atoms with Crippen molar-refractivity contribution in [2.75, 3.05) is 0 Å². The molecule has 0 fully saturated rings. The summed E-state index contributed by atoms with van der Waals surface area (Å²) in [6, 6.07) is 12.5. The molecule has 3 heterocycles. The number of aromatic amines is 1. The number of halogens is 1. The number of hydrogen-bond acceptors (Lipinski definition) is 6. The number of fused-ring (bicyclic) bond motifs is 2. The Balaban J connectivity index is 1.82. The molecule has 3 N–H and O–H groups in total. The summed E-state index contributed by atoms with van der Waals surface area (Å²) in [7, 11) is 1.68. The first-order valence-corrected chi connectivity index (χ1v) is 9.75. The highest BCUT2D eigenvalue weighted by Gasteiger charge is 2.23. The summed E-state index contributed by atoms with van der Waals surface area (Å²) in [6.07, 6.45) is 3.10. The van der Waals surface area contributed by atoms with Gasteiger partial charge in [0.15, 0.2) is 0 Å². The maximum atomic E-state index is 15.4. The van der Waals surface area contributed by atoms with Gasteiger partial charge in [0.2, 0.25) is 0 Å². The summed E-state index contributed by atoms with van der Waals surface area (Å²) in [4.78, 5) is 16.4. The number of nitrogens with zero attached hydrogens (tertiary/aromatic N) is 5. The minimum atomic E-state index is -0.528. The van der Waals surface area contributed by atoms with Crippen LogP contribution in [0.15, 0.2) is 53.6 Å². The lowest BCUT2D eigenvalue weighted by Gasteiger charge is -2.13. The third kappa shape index (κ3) is 2.85. The number of pyridine rings is 1. The zero-order chi connectivity index (χ0) is 22.4. The molecular weight excluding hydrogens is 409 g/mol. The van der Waals surface area contributed by atoms with Crippen LogP contribution in [-0.4, -0.2) is 25.0 Å². The van der Waals surface area contributed by atoms with E-state index in [1.807, 2.05) is 0 Å². The van der Waals surface area contributed by atoms with Gasteiger partial charge in [-0.3, -0.25) is 9.48 Å². The van der Waals surface area contributed by atoms with E-state index in [4.69, 9.17) is 5.73 Å². The van der Waals surface area contributed by atoms with Crippen molar-refractivity contribution in [3.05, 3.63) is 76.2 Å². The van der Waals surface area contributed by atoms with E-state index in [-0.39, 0.29) is 23.2 Å². The van der Waals surface area contributed by atoms with Crippen molar-refractivity contribution in [1.29, 1.82) is 5.26 Å². The minimum Gasteiger partial charge on any atom is -0.325 e. The van der Waals surface area contributed by atoms with Crippen molar-refractivity contribution < 1.29 is 4.39 Å². The van der Waals surface area contributed by atoms with Gasteiger partial charge < -0.3 is 5.73 Å². The number of aryl methyl sites for hydroxylation is 1. The fraction of sp³-hybridized carbons (Fsp3) is 0.0870. The van der Waals surface area contributed by atoms with Gasteiger partial charge in [-0.1, -0.05) is 24.3 Å². The molecule has 2 aromatic carbocycles. The van der Waals surface area contributed by atoms with Gasteiger partial charge in [-0.2, -0.15) is 15.5 Å². The highest BCUT2D eigenvalue weighted by Crippen LogP contribution is 2.38. The van der Waals surface area contributed by atoms with Crippen molar-refractivity contribution in [2.24, 2.45) is 12.8 Å². The number of benzene rings is 2. The predicted octanol–water partition coefficient (Wildman–Crippen LogP) is 3.01. The fourth-order valence-electron chi connectivity index (χ4n) is 4.01. The summed E-state index contributed by atoms with van der Waals surface area (Å²) < 4.78 is 16.9. The fourth-order valence-corrected chi connectivity index (χ4v) is 4.01. The van der Waals surface area contributed by atoms with E-state index in [9.17, 15) is 10.1 Å². The van der Waals surface area contributed by atoms with Crippen LogP contribution in [0, 0.1) is 17.1 Å². The summed E-state index contributed by atoms with van der Waals surface area (Å²) in [6.45, 7) is 0.107. The maximum Gasteiger partial charge on any atom is 0.290 e. The first-order chi connectivity index (χ1) is 15.5. The van der Waals surface area contributed by atoms with Crippen LogP contribution in [0.4, 0.5) is 4.39 Å². The van der Waals surface area contributed by atoms with Gasteiger partial charge in [0, 0.05) is 41.7 Å². The number of nitrogens with one attached hydrogen (secondary N) is 1. The number of rotatable bonds is 3. The quantitative estimate of drug-likeness (QED) is 0.458. The maximum absolute atomic E-state index is 15.4. The number of H-pyrrole nitrogens is 1. The van der Waals surface area contributed by atoms with Crippen LogP contribution in [0.3, 0.4) is 0 Å². The highest BCUT2D eigenvalue weighted by molar-refractivity contribution is 5.97. The monoisotopic (exact) mass is 425 g/mol. The largest absolute Gasteiger partial charge is 0.325 e. The molecule has 0 amide bonds. The topological polar surface area (TPSA) is 126 Å². The second kappa shape index (κ2) is 7.37. The van der Waals surface area contributed by atoms with Crippen molar-refractivity contribution in [1.82, 2.24) is 25.0 Å². The molecule has 0 spiro atoms. The number of nitrogens with two attached hydrogens (primary N) is 1. The van der Waals surface area contributed by atoms with Crippen molar-refractivity contribution in [3.63, 3.8) is 0 Å². The Kier molecular flexibility index (Phi) is 4.50. The standard InChI is InChI=1S/C23H16FN7O/c1-31-22(20-16(8-25)14-5-3-2-4-12(14)7-18(20)24)17(11-28-31)13-6-15-19(9-26)29-30-23(32)21(15)27-10-13/h2-7,10-11H,9,26H2,1H3,(H,30,32). The molecule has 0 saturated carbocycles. The van der Waals surface area contributed by atoms with E-state index in [0.717, 1.165) is 0 Å². The average molecular weight is 425 g/mol. The predicted molar refractivity (Wildman–Crippen MR) is 118 cm³/mol. The second-order valence-corrected chi connectivity index (χ2v) is 7.30. The highest BCUT2D eigenvalue weighted by atomic mass is 19.1. The van der Waals surface area contributed by atoms with Crippen LogP contribution in [0.5, 0.6) is 0 Å². The van der Waals surface area contributed by atoms with E-state index in [0.29, 0.717) is 38.7 Å². The molecule has 156 valence electrons. The van der Waals surface area contributed by atoms with Crippen molar-refractivity contribution in [3.8, 4) is 28.5 Å². The first kappa shape index (κ1) is 19.5. The molecule has 9 heteroatoms. The van der Waals surface area contributed by atoms with Crippen LogP contribution in [-0.2, 0) is 13.6 Å². The van der Waals surface area contributed by atoms with Crippen LogP contribution in [0.2, 0.25) is 0 Å². The molecule has 0 unspecified atom stereocenters. The molecule has 5 rings (SSSR count). The van der Waals surface area contributed by atoms with E-state index < -0.39 is 11.4 Å². The van der Waals surface area contributed by atoms with Crippen molar-refractivity contribution >= 4 is 21.7 Å². The number of nitriles is 1. The van der Waals surface area contributed by atoms with Crippen LogP contribution >= 0.6 is 0 Å². The van der Waals surface area contributed by atoms with Crippen LogP contribution in [0.1, 0.15) is 11.3 Å². The van der Waals surface area contributed by atoms with Crippen molar-refractivity contribution in [2.45, 2.75) is 6.54 Å². The molecule has 0 aliphatic carbocycles. The van der Waals surface area contributed by atoms with E-state index in [2.05, 4.69) is 26.3 Å². The normalized spacial score (nSPS) is 11.2. The Morgan fingerprint density at radius 2 is 2.03 bits per heavy atom. The SMILES string of the molecule is Cn1ncc(-c2cnc3c(=O)[nH]nc(CN)c3c2)c1-c1c(F)cc2ccccc2c1C#N. The molecule has 8 nitrogen and oxygen atoms in total. The molecule has 0 atom stereocenters. The van der Waals surface area contributed by atoms with E-state index >= 15 is 4.39 Å². The first-order valence-electron chi connectivity index (χ1n) is 9.75. The van der Waals surface area contributed by atoms with Gasteiger partial charge in [-0.15, -0.1) is 0 Å². The summed E-state index contributed by atoms with van der Waals surface area (Å²) in [5.74, 6) is -0.528. The molecular formula is C23H16FN7O. The van der Waals surface area contributed by atoms with Gasteiger partial charge in [0.25, 0.3) is 5.56 Å². The molecule has 0 aliphatic heterocycles. The summed E-state index contributed by atoms with van der Waals surface area (Å²) in [5.41, 5.74) is 8.01. The molecule has 0 saturated heterocycles. The molecule has 0 bridgehead atoms. The third-order valence-corrected chi connectivity index (χ3v) is 5.50. The Labute approximate surface area is 180 Å². The van der Waals surface area contributed by atoms with E-state index in [1.165, 1.54) is 16.9 Å². The van der Waals surface area contributed by atoms with E-state index in [1.54, 1.807) is 43.6 Å². The smallest absolute Gasteiger partial charge is 0.290 e. The summed E-state index contributed by atoms with van der Waals surface area (Å²) in [5, 5.41) is 22.4. The Morgan fingerprint density at radius 3 is 2.81 bits per heavy atom. The molecule has 0 aliphatic rings. The summed E-state index contributed by atoms with van der Waals surface area (Å²) >= 11 is 0. The van der Waals surface area contributed by atoms with Crippen LogP contribution in [0.25, 0.3) is 44.1 Å². The zero-order valence-corrected chi connectivity index (χ0v) is 16.9. The van der Waals surface area contributed by atoms with Gasteiger partial charge >= 0.3 is 0 Å². The lowest BCUT2D eigenvalue weighted by molar-refractivity contribution is 0.629. The second-order valence-electron chi connectivity index (χ2n) is 7.30. The minimum absolute atomic E-state index is 0.107. The number of hydrogen-bond donors (Lipinski definition) is 2. The average Bonchev–Trinajstić information content (AvgIpc) is 3.19. The molecule has 0 radical (unpaired) electrons. The Bertz CT molecular complexity index is 1630. The molecule has 3 aromatic heterocycles. The number of aromatic nitrogens is 5. The lowest BCUT2D eigenvalue weighted by Crippen LogP contribution is -2.14. The van der Waals surface area contributed by atoms with Gasteiger partial charge in [0.05, 0.1) is 28.7 Å². The van der Waals surface area contributed by atoms with Crippen LogP contribution < -0.4 is 11.3 Å². The van der Waals surface area contributed by atoms with Gasteiger partial charge in [-0.25, -0.2) is 14.5 Å². The zero-order valence-electron chi connectivity index (χ0n) is 16.9. The Hall–Kier alpha value is -4.42. The molecule has 5 aromatic rings. The third-order valence-electron chi connectivity index (χ3n) is 5.50. The molecule has 32 heavy (non-hydrogen) atoms.